The van der Waals surface area contributed by atoms with Gasteiger partial charge in [-0.15, -0.1) is 0 Å². The lowest BCUT2D eigenvalue weighted by molar-refractivity contribution is 0.630. The van der Waals surface area contributed by atoms with Gasteiger partial charge in [0, 0.05) is 32.9 Å². The Balaban J connectivity index is 1.14. The fraction of sp³-hybridized carbons (Fsp3) is 0.122. The lowest BCUT2D eigenvalue weighted by Gasteiger charge is -2.35. The molecule has 0 radical (unpaired) electrons. The maximum absolute atomic E-state index is 5.13. The molecule has 0 amide bonds. The van der Waals surface area contributed by atoms with Crippen LogP contribution in [-0.4, -0.2) is 14.1 Å². The summed E-state index contributed by atoms with van der Waals surface area (Å²) in [5.41, 5.74) is 18.6. The molecule has 3 nitrogen and oxygen atoms in total. The SMILES string of the molecule is CC1(C)c2ccccc2-c2cc3c4cc(-c5ccc(-c6nc7ccccc7n6-c6ccccc6)cc5)cc5c4n(c3cc21)-c1ccccc1C5(C)C. The molecule has 7 aromatic carbocycles. The molecule has 1 aliphatic carbocycles. The minimum absolute atomic E-state index is 0.0683. The minimum atomic E-state index is -0.176. The van der Waals surface area contributed by atoms with Crippen molar-refractivity contribution in [1.82, 2.24) is 14.1 Å². The first kappa shape index (κ1) is 29.5. The van der Waals surface area contributed by atoms with Crippen LogP contribution >= 0.6 is 0 Å². The number of nitrogens with zero attached hydrogens (tertiary/aromatic N) is 3. The van der Waals surface area contributed by atoms with Crippen LogP contribution in [0.2, 0.25) is 0 Å². The number of aromatic nitrogens is 3. The Bertz CT molecular complexity index is 2940. The molecule has 0 atom stereocenters. The van der Waals surface area contributed by atoms with E-state index in [0.717, 1.165) is 28.1 Å². The maximum Gasteiger partial charge on any atom is 0.145 e. The average molecular weight is 668 g/mol. The summed E-state index contributed by atoms with van der Waals surface area (Å²) in [5.74, 6) is 0.947. The normalized spacial score (nSPS) is 14.8. The van der Waals surface area contributed by atoms with Gasteiger partial charge in [-0.25, -0.2) is 4.98 Å². The predicted octanol–water partition coefficient (Wildman–Crippen LogP) is 12.4. The van der Waals surface area contributed by atoms with Gasteiger partial charge in [-0.2, -0.15) is 0 Å². The monoisotopic (exact) mass is 667 g/mol. The van der Waals surface area contributed by atoms with Crippen LogP contribution in [0.1, 0.15) is 49.9 Å². The van der Waals surface area contributed by atoms with E-state index >= 15 is 0 Å². The van der Waals surface area contributed by atoms with Crippen molar-refractivity contribution < 1.29 is 0 Å². The van der Waals surface area contributed by atoms with E-state index in [4.69, 9.17) is 4.98 Å². The van der Waals surface area contributed by atoms with E-state index in [0.29, 0.717) is 0 Å². The van der Waals surface area contributed by atoms with E-state index in [9.17, 15) is 0 Å². The summed E-state index contributed by atoms with van der Waals surface area (Å²) in [6.07, 6.45) is 0. The van der Waals surface area contributed by atoms with Crippen LogP contribution in [0.4, 0.5) is 0 Å². The molecule has 3 heterocycles. The molecule has 3 heteroatoms. The van der Waals surface area contributed by atoms with E-state index in [-0.39, 0.29) is 10.8 Å². The van der Waals surface area contributed by atoms with Gasteiger partial charge < -0.3 is 4.57 Å². The van der Waals surface area contributed by atoms with Crippen molar-refractivity contribution in [2.45, 2.75) is 38.5 Å². The van der Waals surface area contributed by atoms with Crippen LogP contribution in [0.5, 0.6) is 0 Å². The molecule has 11 rings (SSSR count). The Labute approximate surface area is 303 Å². The van der Waals surface area contributed by atoms with E-state index in [1.54, 1.807) is 0 Å². The molecule has 52 heavy (non-hydrogen) atoms. The van der Waals surface area contributed by atoms with Gasteiger partial charge >= 0.3 is 0 Å². The van der Waals surface area contributed by atoms with Crippen molar-refractivity contribution >= 4 is 32.8 Å². The third-order valence-electron chi connectivity index (χ3n) is 12.1. The van der Waals surface area contributed by atoms with Gasteiger partial charge in [-0.3, -0.25) is 4.57 Å². The molecule has 0 saturated heterocycles. The number of rotatable bonds is 3. The predicted molar refractivity (Wildman–Crippen MR) is 216 cm³/mol. The zero-order valence-electron chi connectivity index (χ0n) is 29.8. The number of imidazole rings is 1. The fourth-order valence-corrected chi connectivity index (χ4v) is 9.44. The highest BCUT2D eigenvalue weighted by Crippen LogP contribution is 2.54. The zero-order valence-corrected chi connectivity index (χ0v) is 29.8. The Kier molecular flexibility index (Phi) is 5.79. The lowest BCUT2D eigenvalue weighted by Crippen LogP contribution is -2.26. The second-order valence-corrected chi connectivity index (χ2v) is 15.7. The van der Waals surface area contributed by atoms with Gasteiger partial charge in [0.15, 0.2) is 0 Å². The van der Waals surface area contributed by atoms with E-state index in [1.807, 2.05) is 0 Å². The zero-order chi connectivity index (χ0) is 34.9. The molecule has 0 fully saturated rings. The van der Waals surface area contributed by atoms with Gasteiger partial charge in [0.25, 0.3) is 0 Å². The van der Waals surface area contributed by atoms with Crippen molar-refractivity contribution in [2.24, 2.45) is 0 Å². The average Bonchev–Trinajstić information content (AvgIpc) is 3.80. The highest BCUT2D eigenvalue weighted by molar-refractivity contribution is 6.14. The van der Waals surface area contributed by atoms with Crippen molar-refractivity contribution in [3.05, 3.63) is 174 Å². The van der Waals surface area contributed by atoms with Gasteiger partial charge in [-0.1, -0.05) is 125 Å². The second kappa shape index (κ2) is 10.2. The summed E-state index contributed by atoms with van der Waals surface area (Å²) in [4.78, 5) is 5.13. The topological polar surface area (TPSA) is 22.8 Å². The number of hydrogen-bond acceptors (Lipinski definition) is 1. The summed E-state index contributed by atoms with van der Waals surface area (Å²) in [6.45, 7) is 9.53. The van der Waals surface area contributed by atoms with Crippen LogP contribution < -0.4 is 0 Å². The molecule has 9 aromatic rings. The van der Waals surface area contributed by atoms with Crippen LogP contribution in [0.25, 0.3) is 77.9 Å². The number of fused-ring (bicyclic) bond motifs is 9. The van der Waals surface area contributed by atoms with Crippen molar-refractivity contribution in [3.8, 4) is 45.0 Å². The Hall–Kier alpha value is -6.19. The lowest BCUT2D eigenvalue weighted by atomic mass is 9.74. The molecule has 0 N–H and O–H groups in total. The van der Waals surface area contributed by atoms with Crippen LogP contribution in [0.3, 0.4) is 0 Å². The van der Waals surface area contributed by atoms with Crippen molar-refractivity contribution in [3.63, 3.8) is 0 Å². The van der Waals surface area contributed by atoms with Gasteiger partial charge in [0.1, 0.15) is 5.82 Å². The molecule has 248 valence electrons. The Morgan fingerprint density at radius 3 is 1.94 bits per heavy atom. The smallest absolute Gasteiger partial charge is 0.145 e. The maximum atomic E-state index is 5.13. The van der Waals surface area contributed by atoms with Crippen LogP contribution in [0, 0.1) is 0 Å². The molecule has 0 unspecified atom stereocenters. The molecule has 2 aliphatic rings. The van der Waals surface area contributed by atoms with Gasteiger partial charge in [0.05, 0.1) is 27.8 Å². The summed E-state index contributed by atoms with van der Waals surface area (Å²) in [5, 5.41) is 2.62. The quantitative estimate of drug-likeness (QED) is 0.184. The summed E-state index contributed by atoms with van der Waals surface area (Å²) >= 11 is 0. The summed E-state index contributed by atoms with van der Waals surface area (Å²) < 4.78 is 4.83. The van der Waals surface area contributed by atoms with E-state index < -0.39 is 0 Å². The fourth-order valence-electron chi connectivity index (χ4n) is 9.44. The number of benzene rings is 7. The molecular weight excluding hydrogens is 631 g/mol. The molecule has 2 aromatic heterocycles. The molecule has 0 bridgehead atoms. The largest absolute Gasteiger partial charge is 0.309 e. The van der Waals surface area contributed by atoms with Crippen LogP contribution in [-0.2, 0) is 10.8 Å². The summed E-state index contributed by atoms with van der Waals surface area (Å²) in [7, 11) is 0. The van der Waals surface area contributed by atoms with Crippen molar-refractivity contribution in [1.29, 1.82) is 0 Å². The highest BCUT2D eigenvalue weighted by Gasteiger charge is 2.39. The van der Waals surface area contributed by atoms with Crippen LogP contribution in [0.15, 0.2) is 152 Å². The van der Waals surface area contributed by atoms with Crippen molar-refractivity contribution in [2.75, 3.05) is 0 Å². The second-order valence-electron chi connectivity index (χ2n) is 15.7. The first-order valence-electron chi connectivity index (χ1n) is 18.3. The third kappa shape index (κ3) is 3.83. The molecule has 0 spiro atoms. The van der Waals surface area contributed by atoms with Gasteiger partial charge in [-0.05, 0) is 99.1 Å². The molecule has 1 aliphatic heterocycles. The summed E-state index contributed by atoms with van der Waals surface area (Å²) in [6, 6.07) is 55.8. The molecule has 0 saturated carbocycles. The number of hydrogen-bond donors (Lipinski definition) is 0. The van der Waals surface area contributed by atoms with E-state index in [2.05, 4.69) is 188 Å². The first-order chi connectivity index (χ1) is 25.3. The molecular formula is C49H37N3. The standard InChI is InChI=1S/C49H37N3/c1-48(2)38-17-9-8-16-34(38)35-28-36-37-26-32(27-41-46(37)52(45(36)29-40(35)48)43-20-12-10-18-39(43)49(41,3)4)30-22-24-31(25-23-30)47-50-42-19-11-13-21-44(42)51(47)33-14-6-5-7-15-33/h5-29H,1-4H3. The highest BCUT2D eigenvalue weighted by atomic mass is 15.1. The Morgan fingerprint density at radius 1 is 0.442 bits per heavy atom. The first-order valence-corrected chi connectivity index (χ1v) is 18.3. The van der Waals surface area contributed by atoms with Gasteiger partial charge in [0.2, 0.25) is 0 Å². The number of para-hydroxylation sites is 4. The van der Waals surface area contributed by atoms with E-state index in [1.165, 1.54) is 72.0 Å². The minimum Gasteiger partial charge on any atom is -0.309 e. The third-order valence-corrected chi connectivity index (χ3v) is 12.1. The Morgan fingerprint density at radius 2 is 1.12 bits per heavy atom.